The van der Waals surface area contributed by atoms with Gasteiger partial charge in [-0.15, -0.1) is 0 Å². The van der Waals surface area contributed by atoms with Crippen molar-refractivity contribution in [2.24, 2.45) is 17.3 Å². The van der Waals surface area contributed by atoms with Crippen molar-refractivity contribution in [2.45, 2.75) is 32.6 Å². The van der Waals surface area contributed by atoms with Gasteiger partial charge in [0.05, 0.1) is 5.41 Å². The Morgan fingerprint density at radius 1 is 1.04 bits per heavy atom. The first-order valence-electron chi connectivity index (χ1n) is 9.45. The molecule has 2 aromatic rings. The van der Waals surface area contributed by atoms with Gasteiger partial charge in [-0.05, 0) is 60.4 Å². The minimum atomic E-state index is -0.836. The highest BCUT2D eigenvalue weighted by molar-refractivity contribution is 6.07. The Morgan fingerprint density at radius 2 is 1.81 bits per heavy atom. The standard InChI is InChI=1S/C24H22O2/c1-14(25)24(15(2)26)13-17-12-21-18-7-4-3-6-16(18)10-11-19(21)20-8-5-9-22(24)23(17)20/h3-8,10-12,20,22-23H,9,13H2,1-2H3/t20-,22-,23+/m0/s1. The van der Waals surface area contributed by atoms with E-state index in [0.717, 1.165) is 6.42 Å². The molecule has 2 nitrogen and oxygen atoms in total. The summed E-state index contributed by atoms with van der Waals surface area (Å²) in [6, 6.07) is 12.9. The molecule has 3 aliphatic carbocycles. The fourth-order valence-corrected chi connectivity index (χ4v) is 5.87. The molecule has 26 heavy (non-hydrogen) atoms. The summed E-state index contributed by atoms with van der Waals surface area (Å²) in [7, 11) is 0. The molecule has 1 saturated carbocycles. The van der Waals surface area contributed by atoms with Crippen LogP contribution < -0.4 is 0 Å². The van der Waals surface area contributed by atoms with Gasteiger partial charge in [0.2, 0.25) is 0 Å². The lowest BCUT2D eigenvalue weighted by Gasteiger charge is -2.39. The van der Waals surface area contributed by atoms with Crippen LogP contribution in [0, 0.1) is 17.3 Å². The summed E-state index contributed by atoms with van der Waals surface area (Å²) >= 11 is 0. The van der Waals surface area contributed by atoms with Gasteiger partial charge >= 0.3 is 0 Å². The highest BCUT2D eigenvalue weighted by atomic mass is 16.2. The molecule has 0 saturated heterocycles. The van der Waals surface area contributed by atoms with Crippen LogP contribution in [-0.2, 0) is 9.59 Å². The van der Waals surface area contributed by atoms with Crippen LogP contribution >= 0.6 is 0 Å². The van der Waals surface area contributed by atoms with E-state index in [2.05, 4.69) is 54.6 Å². The number of rotatable bonds is 2. The molecule has 2 heteroatoms. The Kier molecular flexibility index (Phi) is 3.19. The molecule has 130 valence electrons. The van der Waals surface area contributed by atoms with E-state index in [1.165, 1.54) is 27.5 Å². The zero-order valence-corrected chi connectivity index (χ0v) is 15.2. The number of hydrogen-bond donors (Lipinski definition) is 0. The topological polar surface area (TPSA) is 34.1 Å². The molecule has 0 bridgehead atoms. The smallest absolute Gasteiger partial charge is 0.143 e. The molecule has 3 aliphatic rings. The van der Waals surface area contributed by atoms with Gasteiger partial charge < -0.3 is 0 Å². The fraction of sp³-hybridized carbons (Fsp3) is 0.333. The summed E-state index contributed by atoms with van der Waals surface area (Å²) in [6.45, 7) is 3.21. The largest absolute Gasteiger partial charge is 0.299 e. The van der Waals surface area contributed by atoms with Crippen molar-refractivity contribution in [3.05, 3.63) is 65.3 Å². The highest BCUT2D eigenvalue weighted by Crippen LogP contribution is 2.61. The number of carbonyl (C=O) groups is 2. The summed E-state index contributed by atoms with van der Waals surface area (Å²) < 4.78 is 0. The first-order valence-corrected chi connectivity index (χ1v) is 9.45. The number of fused-ring (bicyclic) bond motifs is 4. The van der Waals surface area contributed by atoms with E-state index in [1.807, 2.05) is 0 Å². The number of allylic oxidation sites excluding steroid dienone is 3. The minimum absolute atomic E-state index is 0.0354. The Morgan fingerprint density at radius 3 is 2.58 bits per heavy atom. The molecule has 1 fully saturated rings. The van der Waals surface area contributed by atoms with E-state index in [4.69, 9.17) is 0 Å². The number of benzene rings is 2. The van der Waals surface area contributed by atoms with Gasteiger partial charge in [0.25, 0.3) is 0 Å². The summed E-state index contributed by atoms with van der Waals surface area (Å²) in [6.07, 6.45) is 8.20. The van der Waals surface area contributed by atoms with Crippen molar-refractivity contribution >= 4 is 28.4 Å². The van der Waals surface area contributed by atoms with Crippen molar-refractivity contribution in [1.82, 2.24) is 0 Å². The summed E-state index contributed by atoms with van der Waals surface area (Å²) in [5, 5.41) is 2.50. The highest BCUT2D eigenvalue weighted by Gasteiger charge is 2.59. The normalized spacial score (nSPS) is 27.6. The van der Waals surface area contributed by atoms with Crippen molar-refractivity contribution in [1.29, 1.82) is 0 Å². The molecule has 0 radical (unpaired) electrons. The molecular formula is C24H22O2. The SMILES string of the molecule is CC(=O)C1(C(C)=O)CC2=Cc3c(ccc4ccccc34)[C@@H]3C=CC[C@H]1[C@H]23. The summed E-state index contributed by atoms with van der Waals surface area (Å²) in [5.41, 5.74) is 3.06. The Balaban J connectivity index is 1.78. The Hall–Kier alpha value is -2.48. The lowest BCUT2D eigenvalue weighted by Crippen LogP contribution is -2.42. The Bertz CT molecular complexity index is 1010. The van der Waals surface area contributed by atoms with Crippen LogP contribution in [0.3, 0.4) is 0 Å². The maximum absolute atomic E-state index is 12.7. The van der Waals surface area contributed by atoms with Crippen molar-refractivity contribution in [3.8, 4) is 0 Å². The number of hydrogen-bond acceptors (Lipinski definition) is 2. The third kappa shape index (κ3) is 1.82. The molecule has 3 atom stereocenters. The molecule has 0 aromatic heterocycles. The van der Waals surface area contributed by atoms with Gasteiger partial charge in [-0.1, -0.05) is 60.2 Å². The first-order chi connectivity index (χ1) is 12.5. The zero-order valence-electron chi connectivity index (χ0n) is 15.2. The summed E-state index contributed by atoms with van der Waals surface area (Å²) in [4.78, 5) is 25.3. The average Bonchev–Trinajstić information content (AvgIpc) is 2.99. The van der Waals surface area contributed by atoms with Crippen molar-refractivity contribution < 1.29 is 9.59 Å². The molecule has 0 spiro atoms. The Labute approximate surface area is 153 Å². The van der Waals surface area contributed by atoms with Gasteiger partial charge in [-0.3, -0.25) is 9.59 Å². The van der Waals surface area contributed by atoms with E-state index in [0.29, 0.717) is 6.42 Å². The van der Waals surface area contributed by atoms with Gasteiger partial charge in [-0.2, -0.15) is 0 Å². The molecular weight excluding hydrogens is 320 g/mol. The van der Waals surface area contributed by atoms with Crippen LogP contribution in [-0.4, -0.2) is 11.6 Å². The molecule has 0 amide bonds. The second kappa shape index (κ2) is 5.26. The van der Waals surface area contributed by atoms with Crippen LogP contribution in [0.25, 0.3) is 16.8 Å². The second-order valence-electron chi connectivity index (χ2n) is 8.09. The van der Waals surface area contributed by atoms with Gasteiger partial charge in [-0.25, -0.2) is 0 Å². The van der Waals surface area contributed by atoms with Crippen LogP contribution in [0.5, 0.6) is 0 Å². The lowest BCUT2D eigenvalue weighted by molar-refractivity contribution is -0.141. The maximum atomic E-state index is 12.7. The lowest BCUT2D eigenvalue weighted by atomic mass is 9.63. The van der Waals surface area contributed by atoms with Crippen molar-refractivity contribution in [3.63, 3.8) is 0 Å². The molecule has 0 aliphatic heterocycles. The molecule has 5 rings (SSSR count). The molecule has 0 N–H and O–H groups in total. The minimum Gasteiger partial charge on any atom is -0.299 e. The quantitative estimate of drug-likeness (QED) is 0.563. The van der Waals surface area contributed by atoms with Crippen LogP contribution in [0.15, 0.2) is 54.1 Å². The monoisotopic (exact) mass is 342 g/mol. The predicted molar refractivity (Wildman–Crippen MR) is 104 cm³/mol. The van der Waals surface area contributed by atoms with E-state index in [9.17, 15) is 9.59 Å². The van der Waals surface area contributed by atoms with Gasteiger partial charge in [0.1, 0.15) is 11.6 Å². The van der Waals surface area contributed by atoms with E-state index >= 15 is 0 Å². The first kappa shape index (κ1) is 15.7. The average molecular weight is 342 g/mol. The van der Waals surface area contributed by atoms with Crippen LogP contribution in [0.2, 0.25) is 0 Å². The number of ketones is 2. The summed E-state index contributed by atoms with van der Waals surface area (Å²) in [5.74, 6) is 0.718. The number of Topliss-reactive ketones (excluding diaryl/α,β-unsaturated/α-hetero) is 2. The third-order valence-corrected chi connectivity index (χ3v) is 7.05. The predicted octanol–water partition coefficient (Wildman–Crippen LogP) is 5.08. The second-order valence-corrected chi connectivity index (χ2v) is 8.09. The van der Waals surface area contributed by atoms with Crippen molar-refractivity contribution in [2.75, 3.05) is 0 Å². The van der Waals surface area contributed by atoms with E-state index in [-0.39, 0.29) is 29.3 Å². The number of carbonyl (C=O) groups excluding carboxylic acids is 2. The molecule has 0 unspecified atom stereocenters. The molecule has 0 heterocycles. The molecule has 2 aromatic carbocycles. The maximum Gasteiger partial charge on any atom is 0.143 e. The van der Waals surface area contributed by atoms with Crippen LogP contribution in [0.1, 0.15) is 43.7 Å². The van der Waals surface area contributed by atoms with E-state index in [1.54, 1.807) is 13.8 Å². The van der Waals surface area contributed by atoms with E-state index < -0.39 is 5.41 Å². The van der Waals surface area contributed by atoms with Gasteiger partial charge in [0.15, 0.2) is 0 Å². The third-order valence-electron chi connectivity index (χ3n) is 7.05. The zero-order chi connectivity index (χ0) is 18.1. The fourth-order valence-electron chi connectivity index (χ4n) is 5.87. The van der Waals surface area contributed by atoms with Gasteiger partial charge in [0, 0.05) is 5.92 Å². The van der Waals surface area contributed by atoms with Crippen LogP contribution in [0.4, 0.5) is 0 Å².